The molecule has 4 heteroatoms. The molecule has 0 aromatic rings. The monoisotopic (exact) mass is 286 g/mol. The summed E-state index contributed by atoms with van der Waals surface area (Å²) in [6, 6.07) is 0. The van der Waals surface area contributed by atoms with Crippen LogP contribution in [0.25, 0.3) is 0 Å². The minimum atomic E-state index is 0.205. The van der Waals surface area contributed by atoms with E-state index >= 15 is 0 Å². The van der Waals surface area contributed by atoms with Gasteiger partial charge in [-0.1, -0.05) is 13.8 Å². The highest BCUT2D eigenvalue weighted by Crippen LogP contribution is 2.36. The summed E-state index contributed by atoms with van der Waals surface area (Å²) in [6.45, 7) is 8.23. The molecule has 19 heavy (non-hydrogen) atoms. The zero-order valence-electron chi connectivity index (χ0n) is 12.7. The van der Waals surface area contributed by atoms with Gasteiger partial charge in [-0.05, 0) is 56.7 Å². The van der Waals surface area contributed by atoms with E-state index in [0.29, 0.717) is 18.3 Å². The number of thioether (sulfide) groups is 1. The summed E-state index contributed by atoms with van der Waals surface area (Å²) >= 11 is 1.99. The lowest BCUT2D eigenvalue weighted by Gasteiger charge is -2.24. The van der Waals surface area contributed by atoms with Gasteiger partial charge in [0.2, 0.25) is 5.91 Å². The van der Waals surface area contributed by atoms with Crippen molar-refractivity contribution in [3.63, 3.8) is 0 Å². The van der Waals surface area contributed by atoms with Gasteiger partial charge in [0.25, 0.3) is 0 Å². The minimum absolute atomic E-state index is 0.205. The van der Waals surface area contributed by atoms with Crippen LogP contribution in [0.1, 0.15) is 52.9 Å². The van der Waals surface area contributed by atoms with Gasteiger partial charge in [-0.2, -0.15) is 11.8 Å². The van der Waals surface area contributed by atoms with Crippen molar-refractivity contribution in [3.05, 3.63) is 0 Å². The molecule has 1 rings (SSSR count). The lowest BCUT2D eigenvalue weighted by Crippen LogP contribution is -2.36. The third-order valence-electron chi connectivity index (χ3n) is 4.18. The standard InChI is InChI=1S/C15H30N2OS/c1-12(2)13(7-9-16)5-6-14(18)17-11-15(3)8-4-10-19-15/h12-13H,4-11,16H2,1-3H3,(H,17,18). The molecule has 3 N–H and O–H groups in total. The Morgan fingerprint density at radius 1 is 1.42 bits per heavy atom. The maximum Gasteiger partial charge on any atom is 0.220 e. The van der Waals surface area contributed by atoms with Crippen molar-refractivity contribution in [1.82, 2.24) is 5.32 Å². The van der Waals surface area contributed by atoms with E-state index in [-0.39, 0.29) is 10.7 Å². The highest BCUT2D eigenvalue weighted by atomic mass is 32.2. The maximum atomic E-state index is 11.9. The molecule has 1 saturated heterocycles. The van der Waals surface area contributed by atoms with Gasteiger partial charge in [0.05, 0.1) is 0 Å². The first kappa shape index (κ1) is 16.8. The average Bonchev–Trinajstić information content (AvgIpc) is 2.79. The molecule has 0 aliphatic carbocycles. The Bertz CT molecular complexity index is 275. The maximum absolute atomic E-state index is 11.9. The van der Waals surface area contributed by atoms with Gasteiger partial charge in [0.15, 0.2) is 0 Å². The summed E-state index contributed by atoms with van der Waals surface area (Å²) in [4.78, 5) is 11.9. The summed E-state index contributed by atoms with van der Waals surface area (Å²) in [5.41, 5.74) is 5.63. The molecule has 0 spiro atoms. The Morgan fingerprint density at radius 2 is 2.16 bits per heavy atom. The number of nitrogens with one attached hydrogen (secondary N) is 1. The summed E-state index contributed by atoms with van der Waals surface area (Å²) in [7, 11) is 0. The van der Waals surface area contributed by atoms with Gasteiger partial charge in [-0.3, -0.25) is 4.79 Å². The lowest BCUT2D eigenvalue weighted by atomic mass is 9.88. The van der Waals surface area contributed by atoms with Gasteiger partial charge in [-0.25, -0.2) is 0 Å². The van der Waals surface area contributed by atoms with Crippen molar-refractivity contribution in [2.24, 2.45) is 17.6 Å². The van der Waals surface area contributed by atoms with Gasteiger partial charge < -0.3 is 11.1 Å². The molecule has 0 saturated carbocycles. The van der Waals surface area contributed by atoms with Crippen molar-refractivity contribution in [3.8, 4) is 0 Å². The number of hydrogen-bond donors (Lipinski definition) is 2. The molecule has 1 aliphatic heterocycles. The van der Waals surface area contributed by atoms with E-state index in [4.69, 9.17) is 5.73 Å². The molecule has 2 unspecified atom stereocenters. The Morgan fingerprint density at radius 3 is 2.68 bits per heavy atom. The van der Waals surface area contributed by atoms with Gasteiger partial charge in [-0.15, -0.1) is 0 Å². The SMILES string of the molecule is CC(C)C(CCN)CCC(=O)NCC1(C)CCCS1. The Hall–Kier alpha value is -0.220. The average molecular weight is 286 g/mol. The Balaban J connectivity index is 2.23. The summed E-state index contributed by atoms with van der Waals surface area (Å²) in [6.07, 6.45) is 5.13. The van der Waals surface area contributed by atoms with Crippen molar-refractivity contribution in [2.45, 2.75) is 57.6 Å². The van der Waals surface area contributed by atoms with Crippen LogP contribution < -0.4 is 11.1 Å². The van der Waals surface area contributed by atoms with Crippen LogP contribution in [0.5, 0.6) is 0 Å². The van der Waals surface area contributed by atoms with Crippen molar-refractivity contribution in [1.29, 1.82) is 0 Å². The van der Waals surface area contributed by atoms with Crippen molar-refractivity contribution < 1.29 is 4.79 Å². The predicted molar refractivity (Wildman–Crippen MR) is 84.3 cm³/mol. The van der Waals surface area contributed by atoms with E-state index in [2.05, 4.69) is 26.1 Å². The molecule has 0 aromatic heterocycles. The van der Waals surface area contributed by atoms with E-state index < -0.39 is 0 Å². The first-order valence-electron chi connectivity index (χ1n) is 7.57. The van der Waals surface area contributed by atoms with Crippen LogP contribution in [0.2, 0.25) is 0 Å². The molecule has 1 amide bonds. The number of hydrogen-bond acceptors (Lipinski definition) is 3. The third kappa shape index (κ3) is 6.17. The zero-order chi connectivity index (χ0) is 14.3. The van der Waals surface area contributed by atoms with Crippen LogP contribution in [-0.4, -0.2) is 29.5 Å². The molecule has 0 radical (unpaired) electrons. The van der Waals surface area contributed by atoms with Crippen LogP contribution in [0.4, 0.5) is 0 Å². The van der Waals surface area contributed by atoms with E-state index in [1.165, 1.54) is 18.6 Å². The molecule has 1 aliphatic rings. The number of carbonyl (C=O) groups is 1. The molecule has 3 nitrogen and oxygen atoms in total. The summed E-state index contributed by atoms with van der Waals surface area (Å²) < 4.78 is 0.268. The van der Waals surface area contributed by atoms with E-state index in [9.17, 15) is 4.79 Å². The van der Waals surface area contributed by atoms with Gasteiger partial charge in [0, 0.05) is 17.7 Å². The summed E-state index contributed by atoms with van der Waals surface area (Å²) in [5.74, 6) is 2.63. The first-order chi connectivity index (χ1) is 8.97. The molecule has 0 bridgehead atoms. The molecular formula is C15H30N2OS. The van der Waals surface area contributed by atoms with E-state index in [0.717, 1.165) is 25.9 Å². The van der Waals surface area contributed by atoms with Crippen LogP contribution in [-0.2, 0) is 4.79 Å². The fourth-order valence-electron chi connectivity index (χ4n) is 2.69. The number of nitrogens with two attached hydrogens (primary N) is 1. The second-order valence-electron chi connectivity index (χ2n) is 6.30. The van der Waals surface area contributed by atoms with Crippen LogP contribution in [0.15, 0.2) is 0 Å². The fourth-order valence-corrected chi connectivity index (χ4v) is 3.94. The highest BCUT2D eigenvalue weighted by Gasteiger charge is 2.29. The number of amides is 1. The molecule has 0 aromatic carbocycles. The second-order valence-corrected chi connectivity index (χ2v) is 7.98. The van der Waals surface area contributed by atoms with Crippen LogP contribution in [0.3, 0.4) is 0 Å². The van der Waals surface area contributed by atoms with Gasteiger partial charge >= 0.3 is 0 Å². The Kier molecular flexibility index (Phi) is 7.22. The first-order valence-corrected chi connectivity index (χ1v) is 8.56. The van der Waals surface area contributed by atoms with Crippen molar-refractivity contribution >= 4 is 17.7 Å². The van der Waals surface area contributed by atoms with Crippen LogP contribution in [0, 0.1) is 11.8 Å². The molecule has 112 valence electrons. The summed E-state index contributed by atoms with van der Waals surface area (Å²) in [5, 5.41) is 3.11. The van der Waals surface area contributed by atoms with E-state index in [1.54, 1.807) is 0 Å². The lowest BCUT2D eigenvalue weighted by molar-refractivity contribution is -0.121. The largest absolute Gasteiger partial charge is 0.355 e. The number of carbonyl (C=O) groups excluding carboxylic acids is 1. The van der Waals surface area contributed by atoms with E-state index in [1.807, 2.05) is 11.8 Å². The molecular weight excluding hydrogens is 256 g/mol. The third-order valence-corrected chi connectivity index (χ3v) is 5.72. The van der Waals surface area contributed by atoms with Crippen molar-refractivity contribution in [2.75, 3.05) is 18.8 Å². The smallest absolute Gasteiger partial charge is 0.220 e. The quantitative estimate of drug-likeness (QED) is 0.721. The van der Waals surface area contributed by atoms with Gasteiger partial charge in [0.1, 0.15) is 0 Å². The normalized spacial score (nSPS) is 24.7. The highest BCUT2D eigenvalue weighted by molar-refractivity contribution is 8.00. The molecule has 2 atom stereocenters. The predicted octanol–water partition coefficient (Wildman–Crippen LogP) is 2.79. The minimum Gasteiger partial charge on any atom is -0.355 e. The zero-order valence-corrected chi connectivity index (χ0v) is 13.5. The number of rotatable bonds is 8. The molecule has 1 heterocycles. The Labute approximate surface area is 122 Å². The topological polar surface area (TPSA) is 55.1 Å². The second kappa shape index (κ2) is 8.15. The fraction of sp³-hybridized carbons (Fsp3) is 0.933. The van der Waals surface area contributed by atoms with Crippen LogP contribution >= 0.6 is 11.8 Å². The molecule has 1 fully saturated rings.